The molecule has 0 aliphatic carbocycles. The van der Waals surface area contributed by atoms with Gasteiger partial charge in [0, 0.05) is 18.8 Å². The maximum Gasteiger partial charge on any atom is 0.305 e. The van der Waals surface area contributed by atoms with Crippen LogP contribution in [0.5, 0.6) is 0 Å². The van der Waals surface area contributed by atoms with Gasteiger partial charge in [0.2, 0.25) is 0 Å². The number of rotatable bonds is 7. The smallest absolute Gasteiger partial charge is 0.305 e. The number of aromatic nitrogens is 2. The standard InChI is InChI=1S/C16H21N3O4S/c1-12(2)18-10-15(17-11-18)24(22,23)19(9-8-16(20)21)14-6-4-13(3)5-7-14/h4-7,10-12H,8-9H2,1-3H3,(H,20,21). The van der Waals surface area contributed by atoms with Gasteiger partial charge in [-0.05, 0) is 32.9 Å². The predicted molar refractivity (Wildman–Crippen MR) is 90.6 cm³/mol. The summed E-state index contributed by atoms with van der Waals surface area (Å²) in [5.74, 6) is -1.06. The minimum absolute atomic E-state index is 0.0771. The van der Waals surface area contributed by atoms with E-state index in [1.807, 2.05) is 20.8 Å². The fourth-order valence-corrected chi connectivity index (χ4v) is 3.53. The Bertz CT molecular complexity index is 810. The Hall–Kier alpha value is -2.35. The van der Waals surface area contributed by atoms with Gasteiger partial charge in [0.1, 0.15) is 0 Å². The molecule has 1 aromatic heterocycles. The van der Waals surface area contributed by atoms with Gasteiger partial charge in [-0.1, -0.05) is 17.7 Å². The molecule has 2 rings (SSSR count). The number of aryl methyl sites for hydroxylation is 1. The third-order valence-electron chi connectivity index (χ3n) is 3.58. The molecule has 1 N–H and O–H groups in total. The molecule has 0 aliphatic heterocycles. The summed E-state index contributed by atoms with van der Waals surface area (Å²) in [6.45, 7) is 5.57. The first-order valence-electron chi connectivity index (χ1n) is 7.56. The lowest BCUT2D eigenvalue weighted by molar-refractivity contribution is -0.136. The van der Waals surface area contributed by atoms with Crippen LogP contribution in [0.25, 0.3) is 0 Å². The van der Waals surface area contributed by atoms with Crippen molar-refractivity contribution in [3.8, 4) is 0 Å². The van der Waals surface area contributed by atoms with E-state index in [1.165, 1.54) is 12.5 Å². The van der Waals surface area contributed by atoms with Crippen molar-refractivity contribution in [1.82, 2.24) is 9.55 Å². The molecule has 0 spiro atoms. The van der Waals surface area contributed by atoms with Gasteiger partial charge in [0.15, 0.2) is 5.03 Å². The number of carboxylic acid groups (broad SMARTS) is 1. The third kappa shape index (κ3) is 3.94. The average Bonchev–Trinajstić information content (AvgIpc) is 2.99. The molecule has 1 heterocycles. The predicted octanol–water partition coefficient (Wildman–Crippen LogP) is 2.44. The summed E-state index contributed by atoms with van der Waals surface area (Å²) >= 11 is 0. The first kappa shape index (κ1) is 18.0. The first-order chi connectivity index (χ1) is 11.2. The van der Waals surface area contributed by atoms with Crippen LogP contribution < -0.4 is 4.31 Å². The first-order valence-corrected chi connectivity index (χ1v) is 9.00. The molecule has 0 saturated heterocycles. The lowest BCUT2D eigenvalue weighted by atomic mass is 10.2. The number of sulfonamides is 1. The zero-order valence-corrected chi connectivity index (χ0v) is 14.7. The third-order valence-corrected chi connectivity index (χ3v) is 5.29. The van der Waals surface area contributed by atoms with Gasteiger partial charge in [-0.2, -0.15) is 8.42 Å². The van der Waals surface area contributed by atoms with Crippen LogP contribution in [0.3, 0.4) is 0 Å². The molecule has 0 radical (unpaired) electrons. The van der Waals surface area contributed by atoms with Gasteiger partial charge >= 0.3 is 5.97 Å². The van der Waals surface area contributed by atoms with E-state index in [1.54, 1.807) is 28.8 Å². The zero-order valence-electron chi connectivity index (χ0n) is 13.9. The molecule has 0 atom stereocenters. The van der Waals surface area contributed by atoms with Crippen LogP contribution in [0, 0.1) is 6.92 Å². The minimum atomic E-state index is -3.94. The number of aliphatic carboxylic acids is 1. The van der Waals surface area contributed by atoms with Crippen molar-refractivity contribution in [1.29, 1.82) is 0 Å². The number of nitrogens with zero attached hydrogens (tertiary/aromatic N) is 3. The number of hydrogen-bond acceptors (Lipinski definition) is 4. The summed E-state index contributed by atoms with van der Waals surface area (Å²) in [5.41, 5.74) is 1.40. The number of carboxylic acids is 1. The molecule has 24 heavy (non-hydrogen) atoms. The summed E-state index contributed by atoms with van der Waals surface area (Å²) in [5, 5.41) is 8.83. The van der Waals surface area contributed by atoms with E-state index in [2.05, 4.69) is 4.98 Å². The molecule has 8 heteroatoms. The maximum absolute atomic E-state index is 12.9. The van der Waals surface area contributed by atoms with Crippen molar-refractivity contribution in [2.75, 3.05) is 10.8 Å². The zero-order chi connectivity index (χ0) is 17.9. The fourth-order valence-electron chi connectivity index (χ4n) is 2.14. The summed E-state index contributed by atoms with van der Waals surface area (Å²) in [6.07, 6.45) is 2.63. The van der Waals surface area contributed by atoms with E-state index < -0.39 is 16.0 Å². The van der Waals surface area contributed by atoms with Crippen LogP contribution in [0.4, 0.5) is 5.69 Å². The van der Waals surface area contributed by atoms with Gasteiger partial charge in [0.25, 0.3) is 10.0 Å². The Morgan fingerprint density at radius 3 is 2.42 bits per heavy atom. The lowest BCUT2D eigenvalue weighted by Gasteiger charge is -2.23. The Kier molecular flexibility index (Phi) is 5.28. The second kappa shape index (κ2) is 7.04. The van der Waals surface area contributed by atoms with Gasteiger partial charge < -0.3 is 9.67 Å². The number of carbonyl (C=O) groups is 1. The van der Waals surface area contributed by atoms with E-state index in [0.29, 0.717) is 5.69 Å². The minimum Gasteiger partial charge on any atom is -0.481 e. The highest BCUT2D eigenvalue weighted by Crippen LogP contribution is 2.24. The van der Waals surface area contributed by atoms with E-state index in [4.69, 9.17) is 5.11 Å². The Balaban J connectivity index is 2.43. The number of benzene rings is 1. The summed E-state index contributed by atoms with van der Waals surface area (Å²) < 4.78 is 28.6. The molecule has 0 aliphatic rings. The average molecular weight is 351 g/mol. The second-order valence-electron chi connectivity index (χ2n) is 5.81. The molecule has 0 saturated carbocycles. The SMILES string of the molecule is Cc1ccc(N(CCC(=O)O)S(=O)(=O)c2cn(C(C)C)cn2)cc1. The molecule has 0 fully saturated rings. The highest BCUT2D eigenvalue weighted by Gasteiger charge is 2.28. The number of hydrogen-bond donors (Lipinski definition) is 1. The Morgan fingerprint density at radius 2 is 1.92 bits per heavy atom. The van der Waals surface area contributed by atoms with E-state index in [9.17, 15) is 13.2 Å². The van der Waals surface area contributed by atoms with Crippen molar-refractivity contribution >= 4 is 21.7 Å². The van der Waals surface area contributed by atoms with Crippen LogP contribution in [0.1, 0.15) is 31.9 Å². The molecular weight excluding hydrogens is 330 g/mol. The van der Waals surface area contributed by atoms with Crippen LogP contribution in [0.15, 0.2) is 41.8 Å². The van der Waals surface area contributed by atoms with Crippen molar-refractivity contribution in [3.63, 3.8) is 0 Å². The van der Waals surface area contributed by atoms with Gasteiger partial charge in [-0.3, -0.25) is 9.10 Å². The Morgan fingerprint density at radius 1 is 1.29 bits per heavy atom. The molecule has 1 aromatic carbocycles. The van der Waals surface area contributed by atoms with Crippen molar-refractivity contribution < 1.29 is 18.3 Å². The van der Waals surface area contributed by atoms with Crippen molar-refractivity contribution in [3.05, 3.63) is 42.4 Å². The quantitative estimate of drug-likeness (QED) is 0.827. The van der Waals surface area contributed by atoms with Crippen LogP contribution in [-0.2, 0) is 14.8 Å². The van der Waals surface area contributed by atoms with Crippen molar-refractivity contribution in [2.24, 2.45) is 0 Å². The van der Waals surface area contributed by atoms with Crippen LogP contribution in [0.2, 0.25) is 0 Å². The van der Waals surface area contributed by atoms with Crippen LogP contribution in [-0.4, -0.2) is 35.6 Å². The maximum atomic E-state index is 12.9. The number of imidazole rings is 1. The molecule has 0 unspecified atom stereocenters. The Labute approximate surface area is 141 Å². The van der Waals surface area contributed by atoms with E-state index in [0.717, 1.165) is 9.87 Å². The molecule has 130 valence electrons. The topological polar surface area (TPSA) is 92.5 Å². The highest BCUT2D eigenvalue weighted by molar-refractivity contribution is 7.92. The van der Waals surface area contributed by atoms with Crippen molar-refractivity contribution in [2.45, 2.75) is 38.3 Å². The monoisotopic (exact) mass is 351 g/mol. The fraction of sp³-hybridized carbons (Fsp3) is 0.375. The highest BCUT2D eigenvalue weighted by atomic mass is 32.2. The summed E-state index contributed by atoms with van der Waals surface area (Å²) in [4.78, 5) is 14.9. The van der Waals surface area contributed by atoms with E-state index >= 15 is 0 Å². The molecule has 0 bridgehead atoms. The van der Waals surface area contributed by atoms with Gasteiger partial charge in [0.05, 0.1) is 18.4 Å². The van der Waals surface area contributed by atoms with Crippen LogP contribution >= 0.6 is 0 Å². The largest absolute Gasteiger partial charge is 0.481 e. The summed E-state index contributed by atoms with van der Waals surface area (Å²) in [6, 6.07) is 6.97. The molecular formula is C16H21N3O4S. The normalized spacial score (nSPS) is 11.7. The lowest BCUT2D eigenvalue weighted by Crippen LogP contribution is -2.33. The molecule has 2 aromatic rings. The molecule has 0 amide bonds. The summed E-state index contributed by atoms with van der Waals surface area (Å²) in [7, 11) is -3.94. The second-order valence-corrected chi connectivity index (χ2v) is 7.62. The number of anilines is 1. The van der Waals surface area contributed by atoms with Gasteiger partial charge in [-0.25, -0.2) is 4.98 Å². The van der Waals surface area contributed by atoms with Gasteiger partial charge in [-0.15, -0.1) is 0 Å². The van der Waals surface area contributed by atoms with E-state index in [-0.39, 0.29) is 24.0 Å². The molecule has 7 nitrogen and oxygen atoms in total.